The number of hydrogen-bond acceptors (Lipinski definition) is 2. The monoisotopic (exact) mass is 358 g/mol. The zero-order valence-electron chi connectivity index (χ0n) is 15.3. The fourth-order valence-corrected chi connectivity index (χ4v) is 2.47. The van der Waals surface area contributed by atoms with Gasteiger partial charge in [0.05, 0.1) is 5.56 Å². The Morgan fingerprint density at radius 1 is 1.12 bits per heavy atom. The molecule has 25 heavy (non-hydrogen) atoms. The molecule has 0 fully saturated rings. The van der Waals surface area contributed by atoms with E-state index in [1.807, 2.05) is 0 Å². The van der Waals surface area contributed by atoms with Gasteiger partial charge in [0.15, 0.2) is 5.96 Å². The molecule has 1 rings (SSSR count). The summed E-state index contributed by atoms with van der Waals surface area (Å²) in [6, 6.07) is 5.32. The molecule has 0 saturated heterocycles. The first-order valence-electron chi connectivity index (χ1n) is 8.73. The van der Waals surface area contributed by atoms with Gasteiger partial charge in [0, 0.05) is 20.1 Å². The lowest BCUT2D eigenvalue weighted by Gasteiger charge is -2.18. The molecule has 1 aromatic carbocycles. The van der Waals surface area contributed by atoms with Gasteiger partial charge in [-0.3, -0.25) is 4.99 Å². The maximum atomic E-state index is 12.7. The number of nitrogens with one attached hydrogen (secondary N) is 2. The van der Waals surface area contributed by atoms with Crippen molar-refractivity contribution in [3.8, 4) is 0 Å². The summed E-state index contributed by atoms with van der Waals surface area (Å²) in [6.45, 7) is 8.58. The molecular formula is C18H29F3N4. The lowest BCUT2D eigenvalue weighted by Crippen LogP contribution is -2.37. The predicted molar refractivity (Wildman–Crippen MR) is 96.7 cm³/mol. The number of unbranched alkanes of at least 4 members (excludes halogenated alkanes) is 1. The maximum absolute atomic E-state index is 12.7. The van der Waals surface area contributed by atoms with Gasteiger partial charge in [-0.2, -0.15) is 13.2 Å². The normalized spacial score (nSPS) is 12.5. The van der Waals surface area contributed by atoms with Gasteiger partial charge in [-0.15, -0.1) is 0 Å². The number of halogens is 3. The Morgan fingerprint density at radius 3 is 2.44 bits per heavy atom. The summed E-state index contributed by atoms with van der Waals surface area (Å²) in [5.41, 5.74) is -0.0644. The van der Waals surface area contributed by atoms with Crippen molar-refractivity contribution in [1.82, 2.24) is 15.5 Å². The van der Waals surface area contributed by atoms with Crippen LogP contribution in [0.5, 0.6) is 0 Å². The van der Waals surface area contributed by atoms with Crippen LogP contribution in [0.3, 0.4) is 0 Å². The van der Waals surface area contributed by atoms with Gasteiger partial charge in [0.1, 0.15) is 0 Å². The van der Waals surface area contributed by atoms with Gasteiger partial charge in [-0.05, 0) is 50.2 Å². The SMILES string of the molecule is CCN(CC)CCCCNC(=NC)NCc1cccc(C(F)(F)F)c1. The molecule has 1 aromatic rings. The number of nitrogens with zero attached hydrogens (tertiary/aromatic N) is 2. The molecule has 0 saturated carbocycles. The third-order valence-electron chi connectivity index (χ3n) is 4.03. The van der Waals surface area contributed by atoms with Crippen LogP contribution in [0.2, 0.25) is 0 Å². The number of rotatable bonds is 9. The number of guanidine groups is 1. The molecule has 2 N–H and O–H groups in total. The lowest BCUT2D eigenvalue weighted by atomic mass is 10.1. The highest BCUT2D eigenvalue weighted by Crippen LogP contribution is 2.29. The van der Waals surface area contributed by atoms with Gasteiger partial charge in [-0.25, -0.2) is 0 Å². The van der Waals surface area contributed by atoms with Crippen LogP contribution in [0, 0.1) is 0 Å². The minimum Gasteiger partial charge on any atom is -0.356 e. The second kappa shape index (κ2) is 11.0. The summed E-state index contributed by atoms with van der Waals surface area (Å²) >= 11 is 0. The topological polar surface area (TPSA) is 39.7 Å². The Kier molecular flexibility index (Phi) is 9.34. The zero-order valence-corrected chi connectivity index (χ0v) is 15.3. The van der Waals surface area contributed by atoms with E-state index in [-0.39, 0.29) is 0 Å². The summed E-state index contributed by atoms with van der Waals surface area (Å²) in [4.78, 5) is 6.48. The van der Waals surface area contributed by atoms with Crippen LogP contribution < -0.4 is 10.6 Å². The predicted octanol–water partition coefficient (Wildman–Crippen LogP) is 3.49. The highest BCUT2D eigenvalue weighted by molar-refractivity contribution is 5.79. The quantitative estimate of drug-likeness (QED) is 0.403. The highest BCUT2D eigenvalue weighted by atomic mass is 19.4. The van der Waals surface area contributed by atoms with Crippen LogP contribution in [0.15, 0.2) is 29.3 Å². The molecule has 0 spiro atoms. The van der Waals surface area contributed by atoms with Gasteiger partial charge in [0.2, 0.25) is 0 Å². The van der Waals surface area contributed by atoms with Crippen LogP contribution in [-0.4, -0.2) is 44.1 Å². The fraction of sp³-hybridized carbons (Fsp3) is 0.611. The molecule has 142 valence electrons. The minimum atomic E-state index is -4.32. The van der Waals surface area contributed by atoms with E-state index >= 15 is 0 Å². The molecule has 0 unspecified atom stereocenters. The summed E-state index contributed by atoms with van der Waals surface area (Å²) in [7, 11) is 1.65. The summed E-state index contributed by atoms with van der Waals surface area (Å²) in [6.07, 6.45) is -2.21. The molecule has 0 amide bonds. The third-order valence-corrected chi connectivity index (χ3v) is 4.03. The average molecular weight is 358 g/mol. The minimum absolute atomic E-state index is 0.295. The molecule has 0 aliphatic carbocycles. The van der Waals surface area contributed by atoms with Crippen LogP contribution in [0.1, 0.15) is 37.8 Å². The van der Waals surface area contributed by atoms with E-state index in [2.05, 4.69) is 34.4 Å². The van der Waals surface area contributed by atoms with E-state index in [9.17, 15) is 13.2 Å². The highest BCUT2D eigenvalue weighted by Gasteiger charge is 2.30. The van der Waals surface area contributed by atoms with E-state index in [1.54, 1.807) is 13.1 Å². The van der Waals surface area contributed by atoms with Gasteiger partial charge >= 0.3 is 6.18 Å². The number of aliphatic imine (C=N–C) groups is 1. The van der Waals surface area contributed by atoms with Gasteiger partial charge in [0.25, 0.3) is 0 Å². The molecule has 0 bridgehead atoms. The van der Waals surface area contributed by atoms with Gasteiger partial charge < -0.3 is 15.5 Å². The lowest BCUT2D eigenvalue weighted by molar-refractivity contribution is -0.137. The van der Waals surface area contributed by atoms with Crippen molar-refractivity contribution in [3.63, 3.8) is 0 Å². The molecule has 0 aromatic heterocycles. The third kappa shape index (κ3) is 8.25. The van der Waals surface area contributed by atoms with Crippen LogP contribution >= 0.6 is 0 Å². The molecular weight excluding hydrogens is 329 g/mol. The van der Waals surface area contributed by atoms with Crippen molar-refractivity contribution < 1.29 is 13.2 Å². The van der Waals surface area contributed by atoms with Crippen LogP contribution in [0.4, 0.5) is 13.2 Å². The zero-order chi connectivity index (χ0) is 18.7. The molecule has 0 aliphatic heterocycles. The Bertz CT molecular complexity index is 525. The summed E-state index contributed by atoms with van der Waals surface area (Å²) in [5.74, 6) is 0.597. The van der Waals surface area contributed by atoms with Crippen molar-refractivity contribution in [2.75, 3.05) is 33.2 Å². The first-order valence-corrected chi connectivity index (χ1v) is 8.73. The average Bonchev–Trinajstić information content (AvgIpc) is 2.60. The molecule has 0 atom stereocenters. The van der Waals surface area contributed by atoms with E-state index in [4.69, 9.17) is 0 Å². The largest absolute Gasteiger partial charge is 0.416 e. The molecule has 4 nitrogen and oxygen atoms in total. The maximum Gasteiger partial charge on any atom is 0.416 e. The number of alkyl halides is 3. The van der Waals surface area contributed by atoms with Gasteiger partial charge in [-0.1, -0.05) is 26.0 Å². The number of benzene rings is 1. The van der Waals surface area contributed by atoms with E-state index in [0.717, 1.165) is 51.2 Å². The smallest absolute Gasteiger partial charge is 0.356 e. The first kappa shape index (κ1) is 21.3. The number of hydrogen-bond donors (Lipinski definition) is 2. The fourth-order valence-electron chi connectivity index (χ4n) is 2.47. The Labute approximate surface area is 148 Å². The molecule has 0 aliphatic rings. The molecule has 7 heteroatoms. The Balaban J connectivity index is 2.35. The summed E-state index contributed by atoms with van der Waals surface area (Å²) in [5, 5.41) is 6.24. The second-order valence-corrected chi connectivity index (χ2v) is 5.78. The van der Waals surface area contributed by atoms with E-state index < -0.39 is 11.7 Å². The van der Waals surface area contributed by atoms with Crippen molar-refractivity contribution >= 4 is 5.96 Å². The standard InChI is InChI=1S/C18H29F3N4/c1-4-25(5-2)12-7-6-11-23-17(22-3)24-14-15-9-8-10-16(13-15)18(19,20)21/h8-10,13H,4-7,11-12,14H2,1-3H3,(H2,22,23,24). The molecule has 0 heterocycles. The Morgan fingerprint density at radius 2 is 1.84 bits per heavy atom. The van der Waals surface area contributed by atoms with Crippen LogP contribution in [0.25, 0.3) is 0 Å². The Hall–Kier alpha value is -1.76. The van der Waals surface area contributed by atoms with E-state index in [1.165, 1.54) is 6.07 Å². The van der Waals surface area contributed by atoms with Crippen molar-refractivity contribution in [2.45, 2.75) is 39.4 Å². The van der Waals surface area contributed by atoms with E-state index in [0.29, 0.717) is 18.1 Å². The van der Waals surface area contributed by atoms with Crippen molar-refractivity contribution in [2.24, 2.45) is 4.99 Å². The molecule has 0 radical (unpaired) electrons. The van der Waals surface area contributed by atoms with Crippen molar-refractivity contribution in [1.29, 1.82) is 0 Å². The van der Waals surface area contributed by atoms with Crippen LogP contribution in [-0.2, 0) is 12.7 Å². The van der Waals surface area contributed by atoms with Crippen molar-refractivity contribution in [3.05, 3.63) is 35.4 Å². The second-order valence-electron chi connectivity index (χ2n) is 5.78. The summed E-state index contributed by atoms with van der Waals surface area (Å²) < 4.78 is 38.2. The first-order chi connectivity index (χ1) is 11.9.